The summed E-state index contributed by atoms with van der Waals surface area (Å²) in [6.45, 7) is 6.05. The number of nitrogens with one attached hydrogen (secondary N) is 1. The maximum atomic E-state index is 5.88. The first-order valence-electron chi connectivity index (χ1n) is 6.96. The van der Waals surface area contributed by atoms with E-state index in [1.165, 1.54) is 16.9 Å². The molecule has 0 unspecified atom stereocenters. The number of nitrogen functional groups attached to an aromatic ring is 1. The van der Waals surface area contributed by atoms with Gasteiger partial charge in [-0.1, -0.05) is 42.9 Å². The lowest BCUT2D eigenvalue weighted by atomic mass is 10.2. The van der Waals surface area contributed by atoms with Gasteiger partial charge in [0, 0.05) is 11.6 Å². The van der Waals surface area contributed by atoms with Crippen LogP contribution in [0.15, 0.2) is 28.7 Å². The minimum atomic E-state index is 0.175. The second kappa shape index (κ2) is 5.76. The molecule has 1 aromatic carbocycles. The van der Waals surface area contributed by atoms with E-state index in [0.29, 0.717) is 21.7 Å². The van der Waals surface area contributed by atoms with Crippen molar-refractivity contribution in [2.45, 2.75) is 26.7 Å². The van der Waals surface area contributed by atoms with Crippen LogP contribution in [-0.2, 0) is 0 Å². The Morgan fingerprint density at radius 1 is 1.18 bits per heavy atom. The first-order valence-corrected chi connectivity index (χ1v) is 7.78. The highest BCUT2D eigenvalue weighted by Crippen LogP contribution is 2.33. The summed E-state index contributed by atoms with van der Waals surface area (Å²) in [4.78, 5) is 4.40. The van der Waals surface area contributed by atoms with Gasteiger partial charge in [-0.3, -0.25) is 0 Å². The highest BCUT2D eigenvalue weighted by atomic mass is 32.1. The zero-order valence-electron chi connectivity index (χ0n) is 12.6. The molecule has 0 amide bonds. The molecule has 0 aliphatic carbocycles. The molecule has 0 aliphatic rings. The number of aromatic nitrogens is 3. The number of aryl methyl sites for hydroxylation is 1. The molecule has 114 valence electrons. The average Bonchev–Trinajstić information content (AvgIpc) is 3.08. The summed E-state index contributed by atoms with van der Waals surface area (Å²) >= 11 is 1.39. The van der Waals surface area contributed by atoms with Gasteiger partial charge in [-0.15, -0.1) is 10.2 Å². The van der Waals surface area contributed by atoms with Gasteiger partial charge >= 0.3 is 0 Å². The number of nitrogens with zero attached hydrogens (tertiary/aromatic N) is 3. The van der Waals surface area contributed by atoms with Crippen molar-refractivity contribution < 1.29 is 4.42 Å². The number of hydrogen-bond acceptors (Lipinski definition) is 7. The molecule has 22 heavy (non-hydrogen) atoms. The summed E-state index contributed by atoms with van der Waals surface area (Å²) in [6.07, 6.45) is 0. The molecular formula is C15H17N5OS. The molecule has 0 saturated carbocycles. The summed E-state index contributed by atoms with van der Waals surface area (Å²) in [5.41, 5.74) is 8.60. The second-order valence-corrected chi connectivity index (χ2v) is 6.30. The molecule has 3 aromatic rings. The van der Waals surface area contributed by atoms with Gasteiger partial charge in [0.25, 0.3) is 0 Å². The van der Waals surface area contributed by atoms with Crippen molar-refractivity contribution in [3.05, 3.63) is 35.7 Å². The Bertz CT molecular complexity index is 776. The van der Waals surface area contributed by atoms with Crippen molar-refractivity contribution in [2.75, 3.05) is 11.1 Å². The highest BCUT2D eigenvalue weighted by molar-refractivity contribution is 7.18. The lowest BCUT2D eigenvalue weighted by Crippen LogP contribution is -1.88. The normalized spacial score (nSPS) is 11.1. The molecule has 7 heteroatoms. The zero-order valence-corrected chi connectivity index (χ0v) is 13.4. The number of rotatable bonds is 4. The average molecular weight is 315 g/mol. The third-order valence-electron chi connectivity index (χ3n) is 3.09. The summed E-state index contributed by atoms with van der Waals surface area (Å²) in [7, 11) is 0. The van der Waals surface area contributed by atoms with E-state index in [9.17, 15) is 0 Å². The standard InChI is InChI=1S/C15H17N5OS/c1-8(2)13-18-11(12(16)21-13)14-19-20-15(22-14)17-10-6-4-9(3)5-7-10/h4-8H,16H2,1-3H3,(H,17,20). The van der Waals surface area contributed by atoms with E-state index in [0.717, 1.165) is 5.69 Å². The number of benzene rings is 1. The quantitative estimate of drug-likeness (QED) is 0.757. The van der Waals surface area contributed by atoms with Crippen LogP contribution in [0.4, 0.5) is 16.7 Å². The first-order chi connectivity index (χ1) is 10.5. The molecular weight excluding hydrogens is 298 g/mol. The first kappa shape index (κ1) is 14.5. The van der Waals surface area contributed by atoms with Crippen LogP contribution in [-0.4, -0.2) is 15.2 Å². The molecule has 3 N–H and O–H groups in total. The summed E-state index contributed by atoms with van der Waals surface area (Å²) in [5.74, 6) is 1.06. The Kier molecular flexibility index (Phi) is 3.81. The molecule has 0 fully saturated rings. The van der Waals surface area contributed by atoms with Gasteiger partial charge < -0.3 is 15.5 Å². The van der Waals surface area contributed by atoms with Crippen molar-refractivity contribution >= 4 is 28.0 Å². The van der Waals surface area contributed by atoms with Gasteiger partial charge in [0.1, 0.15) is 0 Å². The molecule has 2 aromatic heterocycles. The maximum absolute atomic E-state index is 5.88. The van der Waals surface area contributed by atoms with Crippen molar-refractivity contribution in [1.82, 2.24) is 15.2 Å². The summed E-state index contributed by atoms with van der Waals surface area (Å²) in [5, 5.41) is 12.8. The topological polar surface area (TPSA) is 89.9 Å². The minimum Gasteiger partial charge on any atom is -0.424 e. The Hall–Kier alpha value is -2.41. The summed E-state index contributed by atoms with van der Waals surface area (Å²) < 4.78 is 5.46. The van der Waals surface area contributed by atoms with Crippen LogP contribution in [0.2, 0.25) is 0 Å². The second-order valence-electron chi connectivity index (χ2n) is 5.32. The fraction of sp³-hybridized carbons (Fsp3) is 0.267. The van der Waals surface area contributed by atoms with Crippen molar-refractivity contribution in [2.24, 2.45) is 0 Å². The van der Waals surface area contributed by atoms with Crippen LogP contribution >= 0.6 is 11.3 Å². The number of anilines is 3. The van der Waals surface area contributed by atoms with Crippen LogP contribution in [0.1, 0.15) is 31.2 Å². The molecule has 2 heterocycles. The van der Waals surface area contributed by atoms with E-state index >= 15 is 0 Å². The number of nitrogens with two attached hydrogens (primary N) is 1. The van der Waals surface area contributed by atoms with Gasteiger partial charge in [0.2, 0.25) is 11.0 Å². The minimum absolute atomic E-state index is 0.175. The fourth-order valence-electron chi connectivity index (χ4n) is 1.88. The van der Waals surface area contributed by atoms with Crippen LogP contribution in [0.25, 0.3) is 10.7 Å². The highest BCUT2D eigenvalue weighted by Gasteiger charge is 2.18. The van der Waals surface area contributed by atoms with Crippen molar-refractivity contribution in [3.63, 3.8) is 0 Å². The molecule has 0 bridgehead atoms. The Balaban J connectivity index is 1.83. The van der Waals surface area contributed by atoms with Crippen LogP contribution in [0.5, 0.6) is 0 Å². The Labute approximate surface area is 132 Å². The van der Waals surface area contributed by atoms with E-state index in [1.807, 2.05) is 45.0 Å². The molecule has 0 radical (unpaired) electrons. The zero-order chi connectivity index (χ0) is 15.7. The smallest absolute Gasteiger partial charge is 0.221 e. The van der Waals surface area contributed by atoms with Crippen LogP contribution in [0.3, 0.4) is 0 Å². The van der Waals surface area contributed by atoms with E-state index < -0.39 is 0 Å². The van der Waals surface area contributed by atoms with E-state index in [2.05, 4.69) is 20.5 Å². The van der Waals surface area contributed by atoms with Gasteiger partial charge in [-0.25, -0.2) is 4.98 Å². The van der Waals surface area contributed by atoms with Gasteiger partial charge in [0.15, 0.2) is 16.6 Å². The molecule has 6 nitrogen and oxygen atoms in total. The van der Waals surface area contributed by atoms with Gasteiger partial charge in [-0.2, -0.15) is 0 Å². The predicted octanol–water partition coefficient (Wildman–Crippen LogP) is 3.95. The number of hydrogen-bond donors (Lipinski definition) is 2. The Morgan fingerprint density at radius 3 is 2.55 bits per heavy atom. The molecule has 0 atom stereocenters. The predicted molar refractivity (Wildman–Crippen MR) is 88.4 cm³/mol. The number of oxazole rings is 1. The molecule has 0 spiro atoms. The molecule has 0 aliphatic heterocycles. The van der Waals surface area contributed by atoms with Crippen molar-refractivity contribution in [3.8, 4) is 10.7 Å². The van der Waals surface area contributed by atoms with E-state index in [4.69, 9.17) is 10.2 Å². The summed E-state index contributed by atoms with van der Waals surface area (Å²) in [6, 6.07) is 8.07. The van der Waals surface area contributed by atoms with E-state index in [1.54, 1.807) is 0 Å². The third kappa shape index (κ3) is 2.94. The molecule has 3 rings (SSSR count). The van der Waals surface area contributed by atoms with Crippen molar-refractivity contribution in [1.29, 1.82) is 0 Å². The van der Waals surface area contributed by atoms with Crippen LogP contribution < -0.4 is 11.1 Å². The lowest BCUT2D eigenvalue weighted by Gasteiger charge is -2.01. The fourth-order valence-corrected chi connectivity index (χ4v) is 2.64. The lowest BCUT2D eigenvalue weighted by molar-refractivity contribution is 0.485. The van der Waals surface area contributed by atoms with Gasteiger partial charge in [0.05, 0.1) is 0 Å². The maximum Gasteiger partial charge on any atom is 0.221 e. The van der Waals surface area contributed by atoms with E-state index in [-0.39, 0.29) is 11.8 Å². The largest absolute Gasteiger partial charge is 0.424 e. The van der Waals surface area contributed by atoms with Crippen LogP contribution in [0, 0.1) is 6.92 Å². The molecule has 0 saturated heterocycles. The Morgan fingerprint density at radius 2 is 1.91 bits per heavy atom. The SMILES string of the molecule is Cc1ccc(Nc2nnc(-c3nc(C(C)C)oc3N)s2)cc1. The third-order valence-corrected chi connectivity index (χ3v) is 3.94. The monoisotopic (exact) mass is 315 g/mol. The van der Waals surface area contributed by atoms with Gasteiger partial charge in [-0.05, 0) is 19.1 Å².